The van der Waals surface area contributed by atoms with E-state index < -0.39 is 27.4 Å². The monoisotopic (exact) mass is 487 g/mol. The van der Waals surface area contributed by atoms with Crippen molar-refractivity contribution in [2.24, 2.45) is 5.41 Å². The van der Waals surface area contributed by atoms with Gasteiger partial charge in [-0.1, -0.05) is 36.4 Å². The standard InChI is InChI=1S/C25H27F2N3O3S/c1-23(26,27)19-7-8-21(30-34(32,33)16-18-5-3-2-4-6-18)20(15-19)22(31)29-25-12-9-24(17-28,10-13-25)11-14-25/h2-8,15,30H,9-14,16H2,1H3,(H,29,31). The lowest BCUT2D eigenvalue weighted by Gasteiger charge is -2.50. The highest BCUT2D eigenvalue weighted by molar-refractivity contribution is 7.91. The molecule has 0 heterocycles. The summed E-state index contributed by atoms with van der Waals surface area (Å²) in [6, 6.07) is 14.3. The smallest absolute Gasteiger partial charge is 0.270 e. The zero-order valence-corrected chi connectivity index (χ0v) is 19.7. The first kappa shape index (κ1) is 24.1. The molecule has 2 aromatic rings. The second-order valence-corrected chi connectivity index (χ2v) is 11.3. The summed E-state index contributed by atoms with van der Waals surface area (Å²) in [7, 11) is -3.90. The molecule has 3 aliphatic rings. The highest BCUT2D eigenvalue weighted by Crippen LogP contribution is 2.52. The molecule has 3 fully saturated rings. The Hall–Kier alpha value is -2.99. The molecule has 34 heavy (non-hydrogen) atoms. The van der Waals surface area contributed by atoms with Crippen molar-refractivity contribution in [3.8, 4) is 6.07 Å². The molecule has 0 unspecified atom stereocenters. The first-order valence-electron chi connectivity index (χ1n) is 11.3. The van der Waals surface area contributed by atoms with Crippen molar-refractivity contribution in [1.29, 1.82) is 5.26 Å². The molecule has 0 atom stereocenters. The number of halogens is 2. The number of hydrogen-bond acceptors (Lipinski definition) is 4. The van der Waals surface area contributed by atoms with Crippen molar-refractivity contribution >= 4 is 21.6 Å². The number of nitrogens with zero attached hydrogens (tertiary/aromatic N) is 1. The highest BCUT2D eigenvalue weighted by Gasteiger charge is 2.49. The molecule has 3 saturated carbocycles. The fourth-order valence-electron chi connectivity index (χ4n) is 4.94. The molecular weight excluding hydrogens is 460 g/mol. The van der Waals surface area contributed by atoms with Gasteiger partial charge in [-0.2, -0.15) is 5.26 Å². The predicted octanol–water partition coefficient (Wildman–Crippen LogP) is 5.09. The Balaban J connectivity index is 1.61. The lowest BCUT2D eigenvalue weighted by molar-refractivity contribution is 0.0174. The number of rotatable bonds is 7. The van der Waals surface area contributed by atoms with Gasteiger partial charge in [0.2, 0.25) is 10.0 Å². The Bertz CT molecular complexity index is 1210. The van der Waals surface area contributed by atoms with Crippen LogP contribution in [0.5, 0.6) is 0 Å². The van der Waals surface area contributed by atoms with Gasteiger partial charge in [-0.05, 0) is 56.2 Å². The topological polar surface area (TPSA) is 99.1 Å². The van der Waals surface area contributed by atoms with Gasteiger partial charge in [-0.15, -0.1) is 0 Å². The average molecular weight is 488 g/mol. The van der Waals surface area contributed by atoms with Crippen molar-refractivity contribution in [2.75, 3.05) is 4.72 Å². The third kappa shape index (κ3) is 5.07. The molecule has 6 nitrogen and oxygen atoms in total. The molecule has 9 heteroatoms. The maximum Gasteiger partial charge on any atom is 0.270 e. The number of anilines is 1. The molecule has 2 aromatic carbocycles. The van der Waals surface area contributed by atoms with E-state index in [1.54, 1.807) is 30.3 Å². The number of carbonyl (C=O) groups excluding carboxylic acids is 1. The van der Waals surface area contributed by atoms with E-state index >= 15 is 0 Å². The van der Waals surface area contributed by atoms with E-state index in [9.17, 15) is 27.3 Å². The second kappa shape index (κ2) is 8.66. The van der Waals surface area contributed by atoms with Gasteiger partial charge in [0.25, 0.3) is 11.8 Å². The summed E-state index contributed by atoms with van der Waals surface area (Å²) < 4.78 is 56.1. The van der Waals surface area contributed by atoms with Gasteiger partial charge in [0.1, 0.15) is 0 Å². The minimum Gasteiger partial charge on any atom is -0.347 e. The normalized spacial score (nSPS) is 24.3. The highest BCUT2D eigenvalue weighted by atomic mass is 32.2. The first-order valence-corrected chi connectivity index (χ1v) is 12.9. The van der Waals surface area contributed by atoms with Crippen LogP contribution >= 0.6 is 0 Å². The number of sulfonamides is 1. The number of fused-ring (bicyclic) bond motifs is 3. The summed E-state index contributed by atoms with van der Waals surface area (Å²) in [6.45, 7) is 0.728. The number of alkyl halides is 2. The fourth-order valence-corrected chi connectivity index (χ4v) is 6.16. The van der Waals surface area contributed by atoms with E-state index in [0.29, 0.717) is 44.1 Å². The Labute approximate surface area is 198 Å². The van der Waals surface area contributed by atoms with Crippen LogP contribution in [0.3, 0.4) is 0 Å². The SMILES string of the molecule is CC(F)(F)c1ccc(NS(=O)(=O)Cc2ccccc2)c(C(=O)NC23CCC(C#N)(CC2)CC3)c1. The van der Waals surface area contributed by atoms with Crippen molar-refractivity contribution in [2.45, 2.75) is 62.7 Å². The van der Waals surface area contributed by atoms with Gasteiger partial charge in [0.15, 0.2) is 0 Å². The Morgan fingerprint density at radius 1 is 1.06 bits per heavy atom. The number of nitrogens with one attached hydrogen (secondary N) is 2. The summed E-state index contributed by atoms with van der Waals surface area (Å²) in [5, 5.41) is 12.5. The van der Waals surface area contributed by atoms with E-state index in [0.717, 1.165) is 19.1 Å². The number of nitriles is 1. The van der Waals surface area contributed by atoms with Gasteiger partial charge < -0.3 is 5.32 Å². The summed E-state index contributed by atoms with van der Waals surface area (Å²) in [5.41, 5.74) is -0.863. The zero-order valence-electron chi connectivity index (χ0n) is 18.9. The van der Waals surface area contributed by atoms with Crippen LogP contribution in [0, 0.1) is 16.7 Å². The van der Waals surface area contributed by atoms with Gasteiger partial charge in [-0.3, -0.25) is 9.52 Å². The van der Waals surface area contributed by atoms with E-state index in [1.165, 1.54) is 6.07 Å². The lowest BCUT2D eigenvalue weighted by Crippen LogP contribution is -2.56. The fraction of sp³-hybridized carbons (Fsp3) is 0.440. The molecule has 180 valence electrons. The Kier molecular flexibility index (Phi) is 6.15. The van der Waals surface area contributed by atoms with Crippen LogP contribution in [0.4, 0.5) is 14.5 Å². The van der Waals surface area contributed by atoms with E-state index in [4.69, 9.17) is 0 Å². The number of benzene rings is 2. The zero-order chi connectivity index (χ0) is 24.6. The van der Waals surface area contributed by atoms with Crippen molar-refractivity contribution in [1.82, 2.24) is 5.32 Å². The van der Waals surface area contributed by atoms with E-state index in [2.05, 4.69) is 16.1 Å². The molecule has 2 bridgehead atoms. The Morgan fingerprint density at radius 3 is 2.24 bits per heavy atom. The summed E-state index contributed by atoms with van der Waals surface area (Å²) in [5.74, 6) is -4.12. The molecule has 5 rings (SSSR count). The van der Waals surface area contributed by atoms with Crippen LogP contribution in [0.1, 0.15) is 66.9 Å². The Morgan fingerprint density at radius 2 is 1.68 bits per heavy atom. The second-order valence-electron chi connectivity index (χ2n) is 9.62. The molecule has 1 amide bonds. The molecule has 0 aromatic heterocycles. The first-order chi connectivity index (χ1) is 15.9. The van der Waals surface area contributed by atoms with Gasteiger partial charge in [0.05, 0.1) is 28.5 Å². The summed E-state index contributed by atoms with van der Waals surface area (Å²) >= 11 is 0. The third-order valence-electron chi connectivity index (χ3n) is 7.10. The van der Waals surface area contributed by atoms with Crippen LogP contribution in [0.25, 0.3) is 0 Å². The molecule has 0 radical (unpaired) electrons. The minimum absolute atomic E-state index is 0.0455. The van der Waals surface area contributed by atoms with Crippen LogP contribution in [0.15, 0.2) is 48.5 Å². The van der Waals surface area contributed by atoms with Crippen molar-refractivity contribution in [3.05, 3.63) is 65.2 Å². The van der Waals surface area contributed by atoms with Crippen LogP contribution < -0.4 is 10.0 Å². The molecule has 2 N–H and O–H groups in total. The molecular formula is C25H27F2N3O3S. The largest absolute Gasteiger partial charge is 0.347 e. The van der Waals surface area contributed by atoms with Crippen molar-refractivity contribution < 1.29 is 22.0 Å². The van der Waals surface area contributed by atoms with Crippen LogP contribution in [-0.2, 0) is 21.7 Å². The molecule has 3 aliphatic carbocycles. The predicted molar refractivity (Wildman–Crippen MR) is 125 cm³/mol. The van der Waals surface area contributed by atoms with Gasteiger partial charge in [-0.25, -0.2) is 17.2 Å². The van der Waals surface area contributed by atoms with Crippen LogP contribution in [0.2, 0.25) is 0 Å². The molecule has 0 spiro atoms. The number of hydrogen-bond donors (Lipinski definition) is 2. The quantitative estimate of drug-likeness (QED) is 0.568. The summed E-state index contributed by atoms with van der Waals surface area (Å²) in [4.78, 5) is 13.3. The lowest BCUT2D eigenvalue weighted by atomic mass is 9.58. The van der Waals surface area contributed by atoms with E-state index in [1.807, 2.05) is 0 Å². The van der Waals surface area contributed by atoms with Crippen molar-refractivity contribution in [3.63, 3.8) is 0 Å². The third-order valence-corrected chi connectivity index (χ3v) is 8.34. The maximum atomic E-state index is 14.0. The van der Waals surface area contributed by atoms with E-state index in [-0.39, 0.29) is 28.0 Å². The number of carbonyl (C=O) groups is 1. The molecule has 0 aliphatic heterocycles. The summed E-state index contributed by atoms with van der Waals surface area (Å²) in [6.07, 6.45) is 3.91. The number of amides is 1. The minimum atomic E-state index is -3.90. The van der Waals surface area contributed by atoms with Gasteiger partial charge >= 0.3 is 0 Å². The van der Waals surface area contributed by atoms with Gasteiger partial charge in [0, 0.05) is 18.0 Å². The molecule has 0 saturated heterocycles. The average Bonchev–Trinajstić information content (AvgIpc) is 2.79. The van der Waals surface area contributed by atoms with Crippen LogP contribution in [-0.4, -0.2) is 19.9 Å². The maximum absolute atomic E-state index is 14.0.